The van der Waals surface area contributed by atoms with Crippen LogP contribution in [0.2, 0.25) is 0 Å². The molecule has 90 valence electrons. The van der Waals surface area contributed by atoms with Crippen molar-refractivity contribution in [2.24, 2.45) is 0 Å². The van der Waals surface area contributed by atoms with Gasteiger partial charge in [-0.3, -0.25) is 4.79 Å². The van der Waals surface area contributed by atoms with Crippen molar-refractivity contribution in [2.45, 2.75) is 0 Å². The van der Waals surface area contributed by atoms with Gasteiger partial charge in [-0.05, 0) is 23.8 Å². The van der Waals surface area contributed by atoms with Crippen LogP contribution in [-0.2, 0) is 14.3 Å². The van der Waals surface area contributed by atoms with Crippen molar-refractivity contribution in [3.05, 3.63) is 35.9 Å². The van der Waals surface area contributed by atoms with Gasteiger partial charge in [-0.15, -0.1) is 0 Å². The standard InChI is InChI=1S/C12H13NO4/c1-17-8-11(14)13-10-4-2-3-9(7-10)5-6-12(15)16/h2-7H,8H2,1H3,(H,13,14)(H,15,16). The molecule has 5 nitrogen and oxygen atoms in total. The molecule has 1 rings (SSSR count). The highest BCUT2D eigenvalue weighted by Crippen LogP contribution is 2.11. The molecule has 0 fully saturated rings. The Morgan fingerprint density at radius 3 is 2.88 bits per heavy atom. The Bertz CT molecular complexity index is 440. The van der Waals surface area contributed by atoms with Crippen LogP contribution in [0.1, 0.15) is 5.56 Å². The largest absolute Gasteiger partial charge is 0.478 e. The molecule has 5 heteroatoms. The number of hydrogen-bond acceptors (Lipinski definition) is 3. The molecule has 0 bridgehead atoms. The molecule has 0 spiro atoms. The topological polar surface area (TPSA) is 75.6 Å². The minimum Gasteiger partial charge on any atom is -0.478 e. The van der Waals surface area contributed by atoms with Gasteiger partial charge in [0, 0.05) is 18.9 Å². The number of amides is 1. The number of carbonyl (C=O) groups excluding carboxylic acids is 1. The number of benzene rings is 1. The van der Waals surface area contributed by atoms with Crippen molar-refractivity contribution in [1.29, 1.82) is 0 Å². The van der Waals surface area contributed by atoms with E-state index in [4.69, 9.17) is 5.11 Å². The number of carbonyl (C=O) groups is 2. The molecule has 0 heterocycles. The second-order valence-electron chi connectivity index (χ2n) is 3.28. The number of carboxylic acid groups (broad SMARTS) is 1. The maximum Gasteiger partial charge on any atom is 0.328 e. The van der Waals surface area contributed by atoms with Gasteiger partial charge in [0.05, 0.1) is 0 Å². The van der Waals surface area contributed by atoms with Crippen LogP contribution < -0.4 is 5.32 Å². The van der Waals surface area contributed by atoms with E-state index in [9.17, 15) is 9.59 Å². The molecule has 0 atom stereocenters. The molecule has 0 aliphatic heterocycles. The highest BCUT2D eigenvalue weighted by atomic mass is 16.5. The van der Waals surface area contributed by atoms with Crippen LogP contribution in [0.25, 0.3) is 6.08 Å². The molecule has 0 saturated heterocycles. The van der Waals surface area contributed by atoms with Gasteiger partial charge in [0.15, 0.2) is 0 Å². The van der Waals surface area contributed by atoms with E-state index in [1.165, 1.54) is 13.2 Å². The summed E-state index contributed by atoms with van der Waals surface area (Å²) in [5, 5.41) is 11.1. The Morgan fingerprint density at radius 2 is 2.24 bits per heavy atom. The molecular weight excluding hydrogens is 222 g/mol. The minimum absolute atomic E-state index is 0.0187. The highest BCUT2D eigenvalue weighted by molar-refractivity contribution is 5.92. The van der Waals surface area contributed by atoms with Crippen LogP contribution in [0, 0.1) is 0 Å². The van der Waals surface area contributed by atoms with E-state index in [-0.39, 0.29) is 12.5 Å². The molecule has 2 N–H and O–H groups in total. The maximum absolute atomic E-state index is 11.2. The fourth-order valence-corrected chi connectivity index (χ4v) is 1.22. The number of carboxylic acids is 1. The quantitative estimate of drug-likeness (QED) is 0.756. The van der Waals surface area contributed by atoms with Gasteiger partial charge >= 0.3 is 5.97 Å². The lowest BCUT2D eigenvalue weighted by Gasteiger charge is -2.04. The van der Waals surface area contributed by atoms with E-state index in [0.29, 0.717) is 11.3 Å². The summed E-state index contributed by atoms with van der Waals surface area (Å²) in [5.74, 6) is -1.27. The Morgan fingerprint density at radius 1 is 1.47 bits per heavy atom. The van der Waals surface area contributed by atoms with Crippen LogP contribution in [0.4, 0.5) is 5.69 Å². The van der Waals surface area contributed by atoms with Crippen molar-refractivity contribution in [2.75, 3.05) is 19.0 Å². The van der Waals surface area contributed by atoms with Gasteiger partial charge in [-0.2, -0.15) is 0 Å². The summed E-state index contributed by atoms with van der Waals surface area (Å²) < 4.78 is 4.68. The summed E-state index contributed by atoms with van der Waals surface area (Å²) >= 11 is 0. The normalized spacial score (nSPS) is 10.4. The monoisotopic (exact) mass is 235 g/mol. The van der Waals surface area contributed by atoms with Gasteiger partial charge < -0.3 is 15.2 Å². The fraction of sp³-hybridized carbons (Fsp3) is 0.167. The fourth-order valence-electron chi connectivity index (χ4n) is 1.22. The number of nitrogens with one attached hydrogen (secondary N) is 1. The molecule has 1 aromatic rings. The number of ether oxygens (including phenoxy) is 1. The van der Waals surface area contributed by atoms with E-state index in [0.717, 1.165) is 6.08 Å². The number of aliphatic carboxylic acids is 1. The average Bonchev–Trinajstić information content (AvgIpc) is 2.27. The summed E-state index contributed by atoms with van der Waals surface area (Å²) in [4.78, 5) is 21.6. The van der Waals surface area contributed by atoms with Gasteiger partial charge in [-0.25, -0.2) is 4.79 Å². The molecule has 0 radical (unpaired) electrons. The van der Waals surface area contributed by atoms with Gasteiger partial charge in [0.2, 0.25) is 5.91 Å². The predicted octanol–water partition coefficient (Wildman–Crippen LogP) is 1.37. The Kier molecular flexibility index (Phi) is 4.90. The van der Waals surface area contributed by atoms with Crippen LogP contribution in [0.3, 0.4) is 0 Å². The first-order valence-electron chi connectivity index (χ1n) is 4.91. The van der Waals surface area contributed by atoms with E-state index < -0.39 is 5.97 Å². The van der Waals surface area contributed by atoms with Crippen molar-refractivity contribution in [1.82, 2.24) is 0 Å². The van der Waals surface area contributed by atoms with E-state index >= 15 is 0 Å². The maximum atomic E-state index is 11.2. The lowest BCUT2D eigenvalue weighted by molar-refractivity contribution is -0.131. The molecular formula is C12H13NO4. The summed E-state index contributed by atoms with van der Waals surface area (Å²) in [5.41, 5.74) is 1.29. The van der Waals surface area contributed by atoms with Gasteiger partial charge in [0.25, 0.3) is 0 Å². The van der Waals surface area contributed by atoms with Gasteiger partial charge in [-0.1, -0.05) is 12.1 Å². The van der Waals surface area contributed by atoms with Crippen LogP contribution in [-0.4, -0.2) is 30.7 Å². The second-order valence-corrected chi connectivity index (χ2v) is 3.28. The average molecular weight is 235 g/mol. The second kappa shape index (κ2) is 6.44. The number of rotatable bonds is 5. The molecule has 1 aromatic carbocycles. The first-order valence-corrected chi connectivity index (χ1v) is 4.91. The Balaban J connectivity index is 2.72. The molecule has 0 aliphatic carbocycles. The van der Waals surface area contributed by atoms with E-state index in [2.05, 4.69) is 10.1 Å². The Hall–Kier alpha value is -2.14. The van der Waals surface area contributed by atoms with Crippen molar-refractivity contribution < 1.29 is 19.4 Å². The van der Waals surface area contributed by atoms with E-state index in [1.807, 2.05) is 0 Å². The first kappa shape index (κ1) is 12.9. The van der Waals surface area contributed by atoms with Crippen LogP contribution in [0.5, 0.6) is 0 Å². The van der Waals surface area contributed by atoms with Gasteiger partial charge in [0.1, 0.15) is 6.61 Å². The summed E-state index contributed by atoms with van der Waals surface area (Å²) in [7, 11) is 1.44. The molecule has 0 aliphatic rings. The van der Waals surface area contributed by atoms with Crippen LogP contribution >= 0.6 is 0 Å². The zero-order chi connectivity index (χ0) is 12.7. The summed E-state index contributed by atoms with van der Waals surface area (Å²) in [6.45, 7) is -0.0187. The third kappa shape index (κ3) is 4.94. The number of anilines is 1. The third-order valence-corrected chi connectivity index (χ3v) is 1.86. The van der Waals surface area contributed by atoms with Crippen molar-refractivity contribution in [3.8, 4) is 0 Å². The van der Waals surface area contributed by atoms with Crippen molar-refractivity contribution >= 4 is 23.6 Å². The molecule has 0 saturated carbocycles. The third-order valence-electron chi connectivity index (χ3n) is 1.86. The minimum atomic E-state index is -1.01. The molecule has 17 heavy (non-hydrogen) atoms. The molecule has 1 amide bonds. The highest BCUT2D eigenvalue weighted by Gasteiger charge is 2.01. The SMILES string of the molecule is COCC(=O)Nc1cccc(C=CC(=O)O)c1. The Labute approximate surface area is 98.7 Å². The number of hydrogen-bond donors (Lipinski definition) is 2. The first-order chi connectivity index (χ1) is 8.11. The van der Waals surface area contributed by atoms with Crippen LogP contribution in [0.15, 0.2) is 30.3 Å². The number of methoxy groups -OCH3 is 1. The lowest BCUT2D eigenvalue weighted by Crippen LogP contribution is -2.16. The summed E-state index contributed by atoms with van der Waals surface area (Å²) in [6, 6.07) is 6.86. The molecule has 0 unspecified atom stereocenters. The lowest BCUT2D eigenvalue weighted by atomic mass is 10.2. The molecule has 0 aromatic heterocycles. The summed E-state index contributed by atoms with van der Waals surface area (Å²) in [6.07, 6.45) is 2.49. The zero-order valence-corrected chi connectivity index (χ0v) is 9.34. The smallest absolute Gasteiger partial charge is 0.328 e. The van der Waals surface area contributed by atoms with Crippen molar-refractivity contribution in [3.63, 3.8) is 0 Å². The van der Waals surface area contributed by atoms with E-state index in [1.54, 1.807) is 24.3 Å². The predicted molar refractivity (Wildman–Crippen MR) is 63.6 cm³/mol. The zero-order valence-electron chi connectivity index (χ0n) is 9.34.